The normalized spacial score (nSPS) is 12.4. The highest BCUT2D eigenvalue weighted by molar-refractivity contribution is 6.31. The Morgan fingerprint density at radius 3 is 2.58 bits per heavy atom. The number of benzene rings is 2. The van der Waals surface area contributed by atoms with E-state index in [1.54, 1.807) is 12.1 Å². The number of hydrogen-bond acceptors (Lipinski definition) is 2. The Labute approximate surface area is 116 Å². The van der Waals surface area contributed by atoms with Crippen molar-refractivity contribution in [2.45, 2.75) is 12.6 Å². The molecule has 0 aliphatic carbocycles. The van der Waals surface area contributed by atoms with E-state index in [1.807, 2.05) is 30.3 Å². The molecule has 0 saturated carbocycles. The standard InChI is InChI=1S/C15H15ClFNO/c16-15-12(7-4-8-13(15)17)9-18-10-14(19)11-5-2-1-3-6-11/h1-8,14,18-19H,9-10H2. The summed E-state index contributed by atoms with van der Waals surface area (Å²) in [6.07, 6.45) is -0.589. The van der Waals surface area contributed by atoms with Crippen molar-refractivity contribution in [3.63, 3.8) is 0 Å². The topological polar surface area (TPSA) is 32.3 Å². The summed E-state index contributed by atoms with van der Waals surface area (Å²) in [5.41, 5.74) is 1.53. The van der Waals surface area contributed by atoms with Crippen LogP contribution in [0.5, 0.6) is 0 Å². The van der Waals surface area contributed by atoms with Crippen LogP contribution >= 0.6 is 11.6 Å². The monoisotopic (exact) mass is 279 g/mol. The molecule has 0 saturated heterocycles. The predicted molar refractivity (Wildman–Crippen MR) is 74.5 cm³/mol. The number of hydrogen-bond donors (Lipinski definition) is 2. The van der Waals surface area contributed by atoms with Crippen molar-refractivity contribution >= 4 is 11.6 Å². The zero-order valence-corrected chi connectivity index (χ0v) is 11.1. The van der Waals surface area contributed by atoms with Gasteiger partial charge in [-0.15, -0.1) is 0 Å². The minimum atomic E-state index is -0.589. The van der Waals surface area contributed by atoms with Crippen molar-refractivity contribution in [1.29, 1.82) is 0 Å². The lowest BCUT2D eigenvalue weighted by molar-refractivity contribution is 0.174. The van der Waals surface area contributed by atoms with Gasteiger partial charge >= 0.3 is 0 Å². The second kappa shape index (κ2) is 6.66. The van der Waals surface area contributed by atoms with Crippen molar-refractivity contribution in [3.05, 3.63) is 70.5 Å². The third-order valence-corrected chi connectivity index (χ3v) is 3.29. The SMILES string of the molecule is OC(CNCc1cccc(F)c1Cl)c1ccccc1. The molecule has 0 radical (unpaired) electrons. The first kappa shape index (κ1) is 14.0. The summed E-state index contributed by atoms with van der Waals surface area (Å²) in [6.45, 7) is 0.803. The summed E-state index contributed by atoms with van der Waals surface area (Å²) < 4.78 is 13.2. The zero-order valence-electron chi connectivity index (χ0n) is 10.3. The third-order valence-electron chi connectivity index (χ3n) is 2.87. The molecule has 2 aromatic rings. The molecule has 100 valence electrons. The van der Waals surface area contributed by atoms with Crippen LogP contribution in [0.1, 0.15) is 17.2 Å². The molecule has 2 nitrogen and oxygen atoms in total. The molecule has 2 aromatic carbocycles. The van der Waals surface area contributed by atoms with Crippen LogP contribution in [0.3, 0.4) is 0 Å². The van der Waals surface area contributed by atoms with E-state index in [1.165, 1.54) is 6.07 Å². The molecular weight excluding hydrogens is 265 g/mol. The molecule has 4 heteroatoms. The molecule has 0 aliphatic heterocycles. The molecule has 0 amide bonds. The molecule has 0 aliphatic rings. The van der Waals surface area contributed by atoms with Gasteiger partial charge in [0.2, 0.25) is 0 Å². The van der Waals surface area contributed by atoms with Gasteiger partial charge in [-0.1, -0.05) is 54.1 Å². The summed E-state index contributed by atoms with van der Waals surface area (Å²) >= 11 is 5.85. The van der Waals surface area contributed by atoms with E-state index in [0.29, 0.717) is 18.7 Å². The van der Waals surface area contributed by atoms with Gasteiger partial charge in [-0.25, -0.2) is 4.39 Å². The molecule has 2 rings (SSSR count). The van der Waals surface area contributed by atoms with Crippen molar-refractivity contribution in [3.8, 4) is 0 Å². The first-order chi connectivity index (χ1) is 9.18. The van der Waals surface area contributed by atoms with E-state index >= 15 is 0 Å². The Balaban J connectivity index is 1.88. The Kier molecular flexibility index (Phi) is 4.91. The molecule has 1 atom stereocenters. The molecule has 0 bridgehead atoms. The maximum Gasteiger partial charge on any atom is 0.142 e. The second-order valence-electron chi connectivity index (χ2n) is 4.27. The van der Waals surface area contributed by atoms with Gasteiger partial charge in [0.1, 0.15) is 5.82 Å². The molecule has 19 heavy (non-hydrogen) atoms. The summed E-state index contributed by atoms with van der Waals surface area (Å²) in [6, 6.07) is 14.1. The first-order valence-electron chi connectivity index (χ1n) is 6.05. The number of rotatable bonds is 5. The largest absolute Gasteiger partial charge is 0.387 e. The van der Waals surface area contributed by atoms with Crippen molar-refractivity contribution in [2.24, 2.45) is 0 Å². The molecular formula is C15H15ClFNO. The van der Waals surface area contributed by atoms with Crippen LogP contribution in [0.4, 0.5) is 4.39 Å². The fourth-order valence-electron chi connectivity index (χ4n) is 1.82. The Morgan fingerprint density at radius 2 is 1.84 bits per heavy atom. The zero-order chi connectivity index (χ0) is 13.7. The van der Waals surface area contributed by atoms with E-state index in [4.69, 9.17) is 11.6 Å². The van der Waals surface area contributed by atoms with E-state index in [0.717, 1.165) is 5.56 Å². The summed E-state index contributed by atoms with van der Waals surface area (Å²) in [5, 5.41) is 13.1. The second-order valence-corrected chi connectivity index (χ2v) is 4.65. The Morgan fingerprint density at radius 1 is 1.11 bits per heavy atom. The van der Waals surface area contributed by atoms with Crippen molar-refractivity contribution in [2.75, 3.05) is 6.54 Å². The van der Waals surface area contributed by atoms with Gasteiger partial charge in [0.05, 0.1) is 11.1 Å². The van der Waals surface area contributed by atoms with Crippen LogP contribution in [-0.2, 0) is 6.54 Å². The van der Waals surface area contributed by atoms with Gasteiger partial charge in [-0.2, -0.15) is 0 Å². The fourth-order valence-corrected chi connectivity index (χ4v) is 2.01. The number of aliphatic hydroxyl groups excluding tert-OH is 1. The molecule has 0 aromatic heterocycles. The van der Waals surface area contributed by atoms with Crippen molar-refractivity contribution in [1.82, 2.24) is 5.32 Å². The van der Waals surface area contributed by atoms with Crippen molar-refractivity contribution < 1.29 is 9.50 Å². The maximum atomic E-state index is 13.2. The number of nitrogens with one attached hydrogen (secondary N) is 1. The van der Waals surface area contributed by atoms with Gasteiger partial charge in [0.15, 0.2) is 0 Å². The minimum absolute atomic E-state index is 0.129. The highest BCUT2D eigenvalue weighted by Gasteiger charge is 2.08. The molecule has 1 unspecified atom stereocenters. The lowest BCUT2D eigenvalue weighted by Crippen LogP contribution is -2.21. The summed E-state index contributed by atoms with van der Waals surface area (Å²) in [7, 11) is 0. The predicted octanol–water partition coefficient (Wildman–Crippen LogP) is 3.30. The van der Waals surface area contributed by atoms with Crippen LogP contribution in [0, 0.1) is 5.82 Å². The lowest BCUT2D eigenvalue weighted by Gasteiger charge is -2.12. The molecule has 0 spiro atoms. The third kappa shape index (κ3) is 3.77. The van der Waals surface area contributed by atoms with E-state index in [9.17, 15) is 9.50 Å². The van der Waals surface area contributed by atoms with Gasteiger partial charge < -0.3 is 10.4 Å². The summed E-state index contributed by atoms with van der Waals surface area (Å²) in [4.78, 5) is 0. The van der Waals surface area contributed by atoms with Gasteiger partial charge in [0.25, 0.3) is 0 Å². The Hall–Kier alpha value is -1.42. The first-order valence-corrected chi connectivity index (χ1v) is 6.43. The maximum absolute atomic E-state index is 13.2. The Bertz CT molecular complexity index is 533. The van der Waals surface area contributed by atoms with E-state index in [2.05, 4.69) is 5.32 Å². The van der Waals surface area contributed by atoms with Gasteiger partial charge in [-0.05, 0) is 17.2 Å². The highest BCUT2D eigenvalue weighted by atomic mass is 35.5. The molecule has 2 N–H and O–H groups in total. The highest BCUT2D eigenvalue weighted by Crippen LogP contribution is 2.19. The molecule has 0 fully saturated rings. The van der Waals surface area contributed by atoms with Crippen LogP contribution in [0.15, 0.2) is 48.5 Å². The van der Waals surface area contributed by atoms with Crippen LogP contribution in [-0.4, -0.2) is 11.7 Å². The average molecular weight is 280 g/mol. The van der Waals surface area contributed by atoms with Crippen LogP contribution in [0.2, 0.25) is 5.02 Å². The number of halogens is 2. The minimum Gasteiger partial charge on any atom is -0.387 e. The van der Waals surface area contributed by atoms with E-state index < -0.39 is 11.9 Å². The average Bonchev–Trinajstić information content (AvgIpc) is 2.44. The lowest BCUT2D eigenvalue weighted by atomic mass is 10.1. The van der Waals surface area contributed by atoms with Gasteiger partial charge in [-0.3, -0.25) is 0 Å². The number of aliphatic hydroxyl groups is 1. The smallest absolute Gasteiger partial charge is 0.142 e. The quantitative estimate of drug-likeness (QED) is 0.880. The van der Waals surface area contributed by atoms with Gasteiger partial charge in [0, 0.05) is 13.1 Å². The fraction of sp³-hybridized carbons (Fsp3) is 0.200. The van der Waals surface area contributed by atoms with Crippen LogP contribution < -0.4 is 5.32 Å². The summed E-state index contributed by atoms with van der Waals surface area (Å²) in [5.74, 6) is -0.426. The van der Waals surface area contributed by atoms with Crippen LogP contribution in [0.25, 0.3) is 0 Å². The van der Waals surface area contributed by atoms with E-state index in [-0.39, 0.29) is 5.02 Å². The molecule has 0 heterocycles.